The molecule has 0 aromatic carbocycles. The summed E-state index contributed by atoms with van der Waals surface area (Å²) in [5.41, 5.74) is 1.78. The fourth-order valence-electron chi connectivity index (χ4n) is 2.87. The van der Waals surface area contributed by atoms with Gasteiger partial charge in [0.1, 0.15) is 5.82 Å². The van der Waals surface area contributed by atoms with Crippen molar-refractivity contribution in [3.05, 3.63) is 23.4 Å². The first-order valence-electron chi connectivity index (χ1n) is 6.94. The lowest BCUT2D eigenvalue weighted by Crippen LogP contribution is -2.40. The van der Waals surface area contributed by atoms with Crippen LogP contribution in [0.2, 0.25) is 0 Å². The molecule has 1 aliphatic rings. The normalized spacial score (nSPS) is 19.9. The van der Waals surface area contributed by atoms with E-state index in [9.17, 15) is 4.79 Å². The maximum Gasteiger partial charge on any atom is 0.151 e. The van der Waals surface area contributed by atoms with Gasteiger partial charge in [0.05, 0.1) is 0 Å². The third-order valence-electron chi connectivity index (χ3n) is 3.73. The Kier molecular flexibility index (Phi) is 4.34. The summed E-state index contributed by atoms with van der Waals surface area (Å²) in [6.07, 6.45) is 8.84. The standard InChI is InChI=1S/C15H22N2O/c1-3-6-14-7-4-5-8-17(14)15-12(2)9-13(11-18)10-16-15/h9-11,14H,3-8H2,1-2H3. The lowest BCUT2D eigenvalue weighted by atomic mass is 9.97. The number of aldehydes is 1. The molecule has 0 N–H and O–H groups in total. The molecule has 0 saturated carbocycles. The van der Waals surface area contributed by atoms with Gasteiger partial charge in [-0.25, -0.2) is 4.98 Å². The predicted molar refractivity (Wildman–Crippen MR) is 74.3 cm³/mol. The van der Waals surface area contributed by atoms with E-state index in [4.69, 9.17) is 0 Å². The molecule has 1 fully saturated rings. The molecule has 1 saturated heterocycles. The number of aromatic nitrogens is 1. The number of aryl methyl sites for hydroxylation is 1. The molecule has 1 atom stereocenters. The van der Waals surface area contributed by atoms with E-state index in [0.29, 0.717) is 11.6 Å². The van der Waals surface area contributed by atoms with Gasteiger partial charge in [-0.1, -0.05) is 13.3 Å². The van der Waals surface area contributed by atoms with Crippen LogP contribution in [-0.4, -0.2) is 23.9 Å². The summed E-state index contributed by atoms with van der Waals surface area (Å²) >= 11 is 0. The number of rotatable bonds is 4. The second-order valence-electron chi connectivity index (χ2n) is 5.16. The highest BCUT2D eigenvalue weighted by molar-refractivity contribution is 5.75. The molecule has 2 rings (SSSR count). The largest absolute Gasteiger partial charge is 0.353 e. The minimum absolute atomic E-state index is 0.622. The number of hydrogen-bond donors (Lipinski definition) is 0. The van der Waals surface area contributed by atoms with E-state index in [1.165, 1.54) is 32.1 Å². The SMILES string of the molecule is CCCC1CCCCN1c1ncc(C=O)cc1C. The Hall–Kier alpha value is -1.38. The Labute approximate surface area is 109 Å². The van der Waals surface area contributed by atoms with Gasteiger partial charge in [0.25, 0.3) is 0 Å². The second-order valence-corrected chi connectivity index (χ2v) is 5.16. The molecule has 0 spiro atoms. The molecule has 1 aliphatic heterocycles. The highest BCUT2D eigenvalue weighted by atomic mass is 16.1. The Morgan fingerprint density at radius 3 is 3.00 bits per heavy atom. The summed E-state index contributed by atoms with van der Waals surface area (Å²) in [6, 6.07) is 2.56. The molecular weight excluding hydrogens is 224 g/mol. The minimum atomic E-state index is 0.622. The molecule has 0 bridgehead atoms. The van der Waals surface area contributed by atoms with E-state index in [1.807, 2.05) is 13.0 Å². The van der Waals surface area contributed by atoms with Gasteiger partial charge >= 0.3 is 0 Å². The van der Waals surface area contributed by atoms with E-state index in [-0.39, 0.29) is 0 Å². The van der Waals surface area contributed by atoms with Crippen molar-refractivity contribution in [2.75, 3.05) is 11.4 Å². The zero-order valence-electron chi connectivity index (χ0n) is 11.4. The van der Waals surface area contributed by atoms with Crippen LogP contribution < -0.4 is 4.90 Å². The smallest absolute Gasteiger partial charge is 0.151 e. The number of piperidine rings is 1. The van der Waals surface area contributed by atoms with Crippen molar-refractivity contribution in [2.45, 2.75) is 52.0 Å². The Balaban J connectivity index is 2.24. The van der Waals surface area contributed by atoms with Crippen LogP contribution in [-0.2, 0) is 0 Å². The van der Waals surface area contributed by atoms with Crippen molar-refractivity contribution < 1.29 is 4.79 Å². The van der Waals surface area contributed by atoms with Crippen LogP contribution in [0.3, 0.4) is 0 Å². The molecule has 0 radical (unpaired) electrons. The van der Waals surface area contributed by atoms with Crippen LogP contribution in [0.15, 0.2) is 12.3 Å². The number of pyridine rings is 1. The highest BCUT2D eigenvalue weighted by Crippen LogP contribution is 2.28. The van der Waals surface area contributed by atoms with Crippen molar-refractivity contribution in [3.8, 4) is 0 Å². The lowest BCUT2D eigenvalue weighted by molar-refractivity contribution is 0.112. The first kappa shape index (κ1) is 13.1. The quantitative estimate of drug-likeness (QED) is 0.764. The van der Waals surface area contributed by atoms with Gasteiger partial charge in [0, 0.05) is 24.3 Å². The van der Waals surface area contributed by atoms with Crippen LogP contribution >= 0.6 is 0 Å². The fraction of sp³-hybridized carbons (Fsp3) is 0.600. The molecule has 0 amide bonds. The zero-order chi connectivity index (χ0) is 13.0. The van der Waals surface area contributed by atoms with E-state index in [2.05, 4.69) is 16.8 Å². The third kappa shape index (κ3) is 2.71. The van der Waals surface area contributed by atoms with Crippen molar-refractivity contribution >= 4 is 12.1 Å². The average molecular weight is 246 g/mol. The monoisotopic (exact) mass is 246 g/mol. The maximum absolute atomic E-state index is 10.8. The molecule has 98 valence electrons. The summed E-state index contributed by atoms with van der Waals surface area (Å²) in [6.45, 7) is 5.38. The molecule has 3 heteroatoms. The van der Waals surface area contributed by atoms with Crippen molar-refractivity contribution in [1.82, 2.24) is 4.98 Å². The number of nitrogens with zero attached hydrogens (tertiary/aromatic N) is 2. The summed E-state index contributed by atoms with van der Waals surface area (Å²) in [7, 11) is 0. The second kappa shape index (κ2) is 5.98. The molecule has 1 unspecified atom stereocenters. The number of anilines is 1. The number of carbonyl (C=O) groups excluding carboxylic acids is 1. The lowest BCUT2D eigenvalue weighted by Gasteiger charge is -2.37. The van der Waals surface area contributed by atoms with Gasteiger partial charge in [-0.3, -0.25) is 4.79 Å². The molecule has 1 aromatic heterocycles. The van der Waals surface area contributed by atoms with Crippen LogP contribution in [0.1, 0.15) is 54.9 Å². The van der Waals surface area contributed by atoms with E-state index in [0.717, 1.165) is 24.2 Å². The topological polar surface area (TPSA) is 33.2 Å². The van der Waals surface area contributed by atoms with Crippen LogP contribution in [0.4, 0.5) is 5.82 Å². The molecule has 0 aliphatic carbocycles. The van der Waals surface area contributed by atoms with Gasteiger partial charge in [-0.15, -0.1) is 0 Å². The first-order chi connectivity index (χ1) is 8.76. The van der Waals surface area contributed by atoms with Gasteiger partial charge in [0.2, 0.25) is 0 Å². The van der Waals surface area contributed by atoms with E-state index in [1.54, 1.807) is 6.20 Å². The molecule has 2 heterocycles. The number of carbonyl (C=O) groups is 1. The summed E-state index contributed by atoms with van der Waals surface area (Å²) in [5.74, 6) is 1.07. The average Bonchev–Trinajstić information content (AvgIpc) is 2.40. The van der Waals surface area contributed by atoms with E-state index >= 15 is 0 Å². The van der Waals surface area contributed by atoms with Gasteiger partial charge < -0.3 is 4.90 Å². The molecule has 18 heavy (non-hydrogen) atoms. The molecule has 3 nitrogen and oxygen atoms in total. The van der Waals surface area contributed by atoms with E-state index < -0.39 is 0 Å². The Bertz CT molecular complexity index is 415. The van der Waals surface area contributed by atoms with Crippen molar-refractivity contribution in [1.29, 1.82) is 0 Å². The Morgan fingerprint density at radius 1 is 1.50 bits per heavy atom. The van der Waals surface area contributed by atoms with Crippen LogP contribution in [0.5, 0.6) is 0 Å². The Morgan fingerprint density at radius 2 is 2.33 bits per heavy atom. The van der Waals surface area contributed by atoms with Crippen molar-refractivity contribution in [3.63, 3.8) is 0 Å². The minimum Gasteiger partial charge on any atom is -0.353 e. The third-order valence-corrected chi connectivity index (χ3v) is 3.73. The van der Waals surface area contributed by atoms with Crippen LogP contribution in [0, 0.1) is 6.92 Å². The summed E-state index contributed by atoms with van der Waals surface area (Å²) in [4.78, 5) is 17.7. The fourth-order valence-corrected chi connectivity index (χ4v) is 2.87. The summed E-state index contributed by atoms with van der Waals surface area (Å²) in [5, 5.41) is 0. The van der Waals surface area contributed by atoms with Crippen LogP contribution in [0.25, 0.3) is 0 Å². The highest BCUT2D eigenvalue weighted by Gasteiger charge is 2.23. The maximum atomic E-state index is 10.8. The number of hydrogen-bond acceptors (Lipinski definition) is 3. The van der Waals surface area contributed by atoms with Gasteiger partial charge in [-0.2, -0.15) is 0 Å². The van der Waals surface area contributed by atoms with Gasteiger partial charge in [0.15, 0.2) is 6.29 Å². The molecular formula is C15H22N2O. The first-order valence-corrected chi connectivity index (χ1v) is 6.94. The molecule has 1 aromatic rings. The zero-order valence-corrected chi connectivity index (χ0v) is 11.4. The predicted octanol–water partition coefficient (Wildman–Crippen LogP) is 3.36. The van der Waals surface area contributed by atoms with Crippen molar-refractivity contribution in [2.24, 2.45) is 0 Å². The summed E-state index contributed by atoms with van der Waals surface area (Å²) < 4.78 is 0. The van der Waals surface area contributed by atoms with Gasteiger partial charge in [-0.05, 0) is 44.2 Å².